The third-order valence-corrected chi connectivity index (χ3v) is 5.29. The molecule has 7 nitrogen and oxygen atoms in total. The van der Waals surface area contributed by atoms with E-state index >= 15 is 0 Å². The van der Waals surface area contributed by atoms with Crippen molar-refractivity contribution in [2.45, 2.75) is 46.1 Å². The molecule has 168 valence electrons. The number of amides is 3. The molecule has 0 saturated heterocycles. The Morgan fingerprint density at radius 2 is 1.69 bits per heavy atom. The summed E-state index contributed by atoms with van der Waals surface area (Å²) in [6.07, 6.45) is 6.81. The molecule has 1 aromatic heterocycles. The highest BCUT2D eigenvalue weighted by Gasteiger charge is 2.22. The maximum atomic E-state index is 12.4. The Morgan fingerprint density at radius 1 is 1.00 bits per heavy atom. The summed E-state index contributed by atoms with van der Waals surface area (Å²) in [6.45, 7) is 5.48. The van der Waals surface area contributed by atoms with Gasteiger partial charge in [0, 0.05) is 43.4 Å². The topological polar surface area (TPSA) is 95.3 Å². The van der Waals surface area contributed by atoms with Gasteiger partial charge >= 0.3 is 0 Å². The van der Waals surface area contributed by atoms with Crippen LogP contribution in [0.5, 0.6) is 0 Å². The number of benzene rings is 1. The van der Waals surface area contributed by atoms with Crippen molar-refractivity contribution in [3.63, 3.8) is 0 Å². The summed E-state index contributed by atoms with van der Waals surface area (Å²) < 4.78 is 2.13. The molecule has 3 amide bonds. The van der Waals surface area contributed by atoms with Gasteiger partial charge in [-0.25, -0.2) is 0 Å². The number of aromatic nitrogens is 1. The van der Waals surface area contributed by atoms with Crippen LogP contribution in [-0.2, 0) is 20.9 Å². The molecule has 0 unspecified atom stereocenters. The van der Waals surface area contributed by atoms with Gasteiger partial charge in [-0.2, -0.15) is 0 Å². The van der Waals surface area contributed by atoms with Gasteiger partial charge in [-0.05, 0) is 30.4 Å². The Bertz CT molecular complexity index is 1000. The first-order chi connectivity index (χ1) is 15.4. The van der Waals surface area contributed by atoms with Gasteiger partial charge in [0.25, 0.3) is 11.8 Å². The fourth-order valence-corrected chi connectivity index (χ4v) is 3.79. The lowest BCUT2D eigenvalue weighted by Gasteiger charge is -2.15. The molecule has 2 N–H and O–H groups in total. The first-order valence-electron chi connectivity index (χ1n) is 11.0. The molecule has 1 aliphatic heterocycles. The Kier molecular flexibility index (Phi) is 7.76. The first kappa shape index (κ1) is 23.2. The molecular weight excluding hydrogens is 404 g/mol. The van der Waals surface area contributed by atoms with E-state index in [9.17, 15) is 14.4 Å². The maximum Gasteiger partial charge on any atom is 0.253 e. The van der Waals surface area contributed by atoms with Crippen LogP contribution in [0.3, 0.4) is 0 Å². The van der Waals surface area contributed by atoms with E-state index in [1.54, 1.807) is 0 Å². The number of hydrogen-bond acceptors (Lipinski definition) is 4. The molecule has 7 heteroatoms. The van der Waals surface area contributed by atoms with Crippen molar-refractivity contribution in [1.82, 2.24) is 14.8 Å². The predicted octanol–water partition coefficient (Wildman–Crippen LogP) is 3.74. The highest BCUT2D eigenvalue weighted by atomic mass is 16.2. The molecule has 1 aromatic carbocycles. The maximum absolute atomic E-state index is 12.4. The van der Waals surface area contributed by atoms with Crippen LogP contribution in [0.25, 0.3) is 11.3 Å². The standard InChI is InChI=1S/C25H30N4O3/c1-18(2)17-28-16-14-20(24(28)19-9-5-3-6-10-19)25(26)27-21(30)11-7-4-8-15-29-22(31)12-13-23(29)32/h3,5-6,9-10,12-14,16,18H,4,7-8,11,15,17H2,1-2H3,(H2,26,27,30). The summed E-state index contributed by atoms with van der Waals surface area (Å²) in [6, 6.07) is 11.8. The molecule has 0 fully saturated rings. The summed E-state index contributed by atoms with van der Waals surface area (Å²) in [4.78, 5) is 36.7. The average Bonchev–Trinajstić information content (AvgIpc) is 3.31. The third kappa shape index (κ3) is 5.81. The van der Waals surface area contributed by atoms with Gasteiger partial charge in [-0.1, -0.05) is 50.6 Å². The number of amidine groups is 1. The van der Waals surface area contributed by atoms with Crippen LogP contribution in [-0.4, -0.2) is 39.6 Å². The molecule has 2 heterocycles. The number of nitrogens with zero attached hydrogens (tertiary/aromatic N) is 2. The SMILES string of the molecule is CC(C)Cn1ccc(C(=N)NC(=O)CCCCCN2C(=O)C=CC2=O)c1-c1ccccc1. The van der Waals surface area contributed by atoms with Crippen molar-refractivity contribution >= 4 is 23.6 Å². The van der Waals surface area contributed by atoms with Crippen molar-refractivity contribution in [1.29, 1.82) is 5.41 Å². The van der Waals surface area contributed by atoms with E-state index in [0.29, 0.717) is 30.9 Å². The summed E-state index contributed by atoms with van der Waals surface area (Å²) in [7, 11) is 0. The molecule has 32 heavy (non-hydrogen) atoms. The number of imide groups is 1. The molecule has 0 radical (unpaired) electrons. The number of nitrogens with one attached hydrogen (secondary N) is 2. The normalized spacial score (nSPS) is 13.3. The van der Waals surface area contributed by atoms with E-state index in [-0.39, 0.29) is 30.0 Å². The second-order valence-electron chi connectivity index (χ2n) is 8.39. The number of carbonyl (C=O) groups excluding carboxylic acids is 3. The lowest BCUT2D eigenvalue weighted by atomic mass is 10.1. The van der Waals surface area contributed by atoms with Crippen molar-refractivity contribution in [3.8, 4) is 11.3 Å². The minimum atomic E-state index is -0.278. The minimum Gasteiger partial charge on any atom is -0.347 e. The largest absolute Gasteiger partial charge is 0.347 e. The van der Waals surface area contributed by atoms with E-state index in [2.05, 4.69) is 23.7 Å². The molecule has 0 aliphatic carbocycles. The van der Waals surface area contributed by atoms with E-state index in [0.717, 1.165) is 24.2 Å². The van der Waals surface area contributed by atoms with E-state index < -0.39 is 0 Å². The summed E-state index contributed by atoms with van der Waals surface area (Å²) in [5, 5.41) is 11.2. The molecule has 0 bridgehead atoms. The molecule has 0 atom stereocenters. The van der Waals surface area contributed by atoms with Crippen molar-refractivity contribution in [2.75, 3.05) is 6.54 Å². The van der Waals surface area contributed by atoms with Crippen LogP contribution >= 0.6 is 0 Å². The molecule has 3 rings (SSSR count). The van der Waals surface area contributed by atoms with Gasteiger partial charge in [0.2, 0.25) is 5.91 Å². The summed E-state index contributed by atoms with van der Waals surface area (Å²) >= 11 is 0. The second kappa shape index (κ2) is 10.7. The van der Waals surface area contributed by atoms with Gasteiger partial charge in [-0.3, -0.25) is 24.7 Å². The number of carbonyl (C=O) groups is 3. The Hall–Kier alpha value is -3.48. The molecule has 0 saturated carbocycles. The molecule has 1 aliphatic rings. The van der Waals surface area contributed by atoms with Gasteiger partial charge in [0.1, 0.15) is 5.84 Å². The molecular formula is C25H30N4O3. The highest BCUT2D eigenvalue weighted by Crippen LogP contribution is 2.26. The van der Waals surface area contributed by atoms with Gasteiger partial charge in [0.05, 0.1) is 5.69 Å². The van der Waals surface area contributed by atoms with E-state index in [1.165, 1.54) is 17.1 Å². The minimum absolute atomic E-state index is 0.0932. The molecule has 2 aromatic rings. The van der Waals surface area contributed by atoms with E-state index in [1.807, 2.05) is 42.6 Å². The van der Waals surface area contributed by atoms with Gasteiger partial charge < -0.3 is 9.88 Å². The lowest BCUT2D eigenvalue weighted by Crippen LogP contribution is -2.31. The van der Waals surface area contributed by atoms with Crippen LogP contribution in [0.15, 0.2) is 54.7 Å². The molecule has 0 spiro atoms. The fraction of sp³-hybridized carbons (Fsp3) is 0.360. The van der Waals surface area contributed by atoms with E-state index in [4.69, 9.17) is 5.41 Å². The first-order valence-corrected chi connectivity index (χ1v) is 11.0. The zero-order valence-electron chi connectivity index (χ0n) is 18.6. The smallest absolute Gasteiger partial charge is 0.253 e. The zero-order chi connectivity index (χ0) is 23.1. The van der Waals surface area contributed by atoms with Crippen molar-refractivity contribution in [2.24, 2.45) is 5.92 Å². The van der Waals surface area contributed by atoms with Crippen molar-refractivity contribution < 1.29 is 14.4 Å². The fourth-order valence-electron chi connectivity index (χ4n) is 3.79. The second-order valence-corrected chi connectivity index (χ2v) is 8.39. The van der Waals surface area contributed by atoms with Gasteiger partial charge in [0.15, 0.2) is 0 Å². The predicted molar refractivity (Wildman–Crippen MR) is 124 cm³/mol. The number of rotatable bonds is 10. The third-order valence-electron chi connectivity index (χ3n) is 5.29. The van der Waals surface area contributed by atoms with Crippen LogP contribution in [0.4, 0.5) is 0 Å². The van der Waals surface area contributed by atoms with Gasteiger partial charge in [-0.15, -0.1) is 0 Å². The summed E-state index contributed by atoms with van der Waals surface area (Å²) in [5.41, 5.74) is 2.63. The average molecular weight is 435 g/mol. The van der Waals surface area contributed by atoms with Crippen LogP contribution in [0.2, 0.25) is 0 Å². The summed E-state index contributed by atoms with van der Waals surface area (Å²) in [5.74, 6) is -0.223. The van der Waals surface area contributed by atoms with Crippen LogP contribution < -0.4 is 5.32 Å². The quantitative estimate of drug-likeness (QED) is 0.258. The lowest BCUT2D eigenvalue weighted by molar-refractivity contribution is -0.136. The number of hydrogen-bond donors (Lipinski definition) is 2. The zero-order valence-corrected chi connectivity index (χ0v) is 18.6. The monoisotopic (exact) mass is 434 g/mol. The highest BCUT2D eigenvalue weighted by molar-refractivity contribution is 6.12. The van der Waals surface area contributed by atoms with Crippen molar-refractivity contribution in [3.05, 3.63) is 60.3 Å². The Morgan fingerprint density at radius 3 is 2.34 bits per heavy atom. The van der Waals surface area contributed by atoms with Crippen LogP contribution in [0, 0.1) is 11.3 Å². The Labute approximate surface area is 188 Å². The Balaban J connectivity index is 1.54. The number of unbranched alkanes of at least 4 members (excludes halogenated alkanes) is 2. The van der Waals surface area contributed by atoms with Crippen LogP contribution in [0.1, 0.15) is 45.1 Å².